The van der Waals surface area contributed by atoms with E-state index < -0.39 is 36.1 Å². The Morgan fingerprint density at radius 1 is 1.00 bits per heavy atom. The van der Waals surface area contributed by atoms with Gasteiger partial charge in [0.1, 0.15) is 22.5 Å². The van der Waals surface area contributed by atoms with E-state index in [1.807, 2.05) is 0 Å². The molecule has 4 rings (SSSR count). The average molecular weight is 497 g/mol. The predicted molar refractivity (Wildman–Crippen MR) is 121 cm³/mol. The maximum Gasteiger partial charge on any atom is 0.280 e. The van der Waals surface area contributed by atoms with E-state index in [2.05, 4.69) is 19.8 Å². The molecule has 1 N–H and O–H groups in total. The maximum absolute atomic E-state index is 12.8. The van der Waals surface area contributed by atoms with Crippen molar-refractivity contribution in [2.24, 2.45) is 0 Å². The molecule has 0 saturated heterocycles. The Hall–Kier alpha value is -4.92. The SMILES string of the molecule is Cc1c([N+](=O)[O-])cc(S(=O)(=O)Nc2ccc(Oc3cc(-n4cccn4)ncn3)cc2)cc1[N+](=O)[O-]. The van der Waals surface area contributed by atoms with Crippen LogP contribution in [0.3, 0.4) is 0 Å². The molecule has 0 aliphatic carbocycles. The van der Waals surface area contributed by atoms with Gasteiger partial charge in [-0.3, -0.25) is 25.0 Å². The molecule has 0 bridgehead atoms. The number of aromatic nitrogens is 4. The van der Waals surface area contributed by atoms with Crippen LogP contribution >= 0.6 is 0 Å². The van der Waals surface area contributed by atoms with Crippen molar-refractivity contribution in [3.8, 4) is 17.4 Å². The fourth-order valence-electron chi connectivity index (χ4n) is 3.03. The minimum absolute atomic E-state index is 0.100. The first-order valence-corrected chi connectivity index (χ1v) is 11.2. The van der Waals surface area contributed by atoms with Crippen LogP contribution in [-0.2, 0) is 10.0 Å². The largest absolute Gasteiger partial charge is 0.439 e. The van der Waals surface area contributed by atoms with E-state index in [9.17, 15) is 28.6 Å². The Kier molecular flexibility index (Phi) is 6.07. The lowest BCUT2D eigenvalue weighted by atomic mass is 10.1. The first-order chi connectivity index (χ1) is 16.6. The molecule has 0 fully saturated rings. The number of nitro benzene ring substituents is 2. The minimum Gasteiger partial charge on any atom is -0.439 e. The quantitative estimate of drug-likeness (QED) is 0.279. The highest BCUT2D eigenvalue weighted by atomic mass is 32.2. The van der Waals surface area contributed by atoms with Gasteiger partial charge in [0.25, 0.3) is 21.4 Å². The zero-order valence-corrected chi connectivity index (χ0v) is 18.6. The molecule has 0 unspecified atom stereocenters. The summed E-state index contributed by atoms with van der Waals surface area (Å²) < 4.78 is 35.0. The standard InChI is InChI=1S/C20H15N7O7S/c1-13-17(26(28)29)9-16(10-18(13)27(30)31)35(32,33)24-14-3-5-15(6-4-14)34-20-11-19(21-12-22-20)25-8-2-7-23-25/h2-12,24H,1H3. The molecule has 0 amide bonds. The molecule has 35 heavy (non-hydrogen) atoms. The number of hydrogen-bond acceptors (Lipinski definition) is 10. The van der Waals surface area contributed by atoms with E-state index in [0.29, 0.717) is 11.6 Å². The fraction of sp³-hybridized carbons (Fsp3) is 0.0500. The van der Waals surface area contributed by atoms with Crippen molar-refractivity contribution in [1.82, 2.24) is 19.7 Å². The number of nitrogens with one attached hydrogen (secondary N) is 1. The average Bonchev–Trinajstić information content (AvgIpc) is 3.35. The third-order valence-electron chi connectivity index (χ3n) is 4.73. The van der Waals surface area contributed by atoms with Crippen LogP contribution in [0.25, 0.3) is 5.82 Å². The van der Waals surface area contributed by atoms with Gasteiger partial charge < -0.3 is 4.74 Å². The summed E-state index contributed by atoms with van der Waals surface area (Å²) in [4.78, 5) is 28.2. The van der Waals surface area contributed by atoms with Gasteiger partial charge >= 0.3 is 0 Å². The molecule has 0 saturated carbocycles. The fourth-order valence-corrected chi connectivity index (χ4v) is 4.13. The molecule has 4 aromatic rings. The lowest BCUT2D eigenvalue weighted by Gasteiger charge is -2.10. The molecular formula is C20H15N7O7S. The van der Waals surface area contributed by atoms with Crippen molar-refractivity contribution in [2.75, 3.05) is 4.72 Å². The Balaban J connectivity index is 1.54. The van der Waals surface area contributed by atoms with E-state index in [-0.39, 0.29) is 17.1 Å². The van der Waals surface area contributed by atoms with Crippen molar-refractivity contribution in [3.63, 3.8) is 0 Å². The highest BCUT2D eigenvalue weighted by Crippen LogP contribution is 2.32. The normalized spacial score (nSPS) is 11.1. The van der Waals surface area contributed by atoms with Gasteiger partial charge in [0.05, 0.1) is 9.85 Å². The van der Waals surface area contributed by atoms with E-state index in [0.717, 1.165) is 12.1 Å². The van der Waals surface area contributed by atoms with Crippen LogP contribution in [0.1, 0.15) is 5.56 Å². The monoisotopic (exact) mass is 497 g/mol. The second-order valence-corrected chi connectivity index (χ2v) is 8.68. The maximum atomic E-state index is 12.8. The van der Waals surface area contributed by atoms with Crippen molar-refractivity contribution in [1.29, 1.82) is 0 Å². The molecule has 2 aromatic heterocycles. The van der Waals surface area contributed by atoms with Gasteiger partial charge in [0, 0.05) is 36.3 Å². The van der Waals surface area contributed by atoms with E-state index >= 15 is 0 Å². The van der Waals surface area contributed by atoms with Gasteiger partial charge in [0.2, 0.25) is 5.88 Å². The Morgan fingerprint density at radius 3 is 2.23 bits per heavy atom. The molecule has 0 atom stereocenters. The molecule has 14 nitrogen and oxygen atoms in total. The second kappa shape index (κ2) is 9.14. The summed E-state index contributed by atoms with van der Waals surface area (Å²) >= 11 is 0. The summed E-state index contributed by atoms with van der Waals surface area (Å²) in [5.74, 6) is 1.03. The molecule has 15 heteroatoms. The summed E-state index contributed by atoms with van der Waals surface area (Å²) in [5.41, 5.74) is -1.51. The van der Waals surface area contributed by atoms with Crippen LogP contribution < -0.4 is 9.46 Å². The van der Waals surface area contributed by atoms with Crippen molar-refractivity contribution < 1.29 is 23.0 Å². The van der Waals surface area contributed by atoms with Crippen molar-refractivity contribution >= 4 is 27.1 Å². The van der Waals surface area contributed by atoms with Crippen LogP contribution in [0.5, 0.6) is 11.6 Å². The third kappa shape index (κ3) is 5.03. The number of nitro groups is 2. The second-order valence-electron chi connectivity index (χ2n) is 7.00. The molecule has 0 aliphatic heterocycles. The first kappa shape index (κ1) is 23.2. The predicted octanol–water partition coefficient (Wildman–Crippen LogP) is 3.38. The number of hydrogen-bond donors (Lipinski definition) is 1. The van der Waals surface area contributed by atoms with Gasteiger partial charge in [-0.05, 0) is 37.3 Å². The van der Waals surface area contributed by atoms with Crippen molar-refractivity contribution in [2.45, 2.75) is 11.8 Å². The molecule has 2 heterocycles. The zero-order chi connectivity index (χ0) is 25.2. The molecule has 2 aromatic carbocycles. The first-order valence-electron chi connectivity index (χ1n) is 9.70. The van der Waals surface area contributed by atoms with Gasteiger partial charge in [-0.2, -0.15) is 5.10 Å². The zero-order valence-electron chi connectivity index (χ0n) is 17.8. The Morgan fingerprint density at radius 2 is 1.66 bits per heavy atom. The minimum atomic E-state index is -4.37. The van der Waals surface area contributed by atoms with Gasteiger partial charge in [-0.25, -0.2) is 23.1 Å². The molecular weight excluding hydrogens is 482 g/mol. The number of nitrogens with zero attached hydrogens (tertiary/aromatic N) is 6. The topological polar surface area (TPSA) is 185 Å². The smallest absolute Gasteiger partial charge is 0.280 e. The highest BCUT2D eigenvalue weighted by Gasteiger charge is 2.28. The lowest BCUT2D eigenvalue weighted by molar-refractivity contribution is -0.395. The van der Waals surface area contributed by atoms with Crippen LogP contribution in [0, 0.1) is 27.2 Å². The number of anilines is 1. The van der Waals surface area contributed by atoms with Crippen LogP contribution in [0.2, 0.25) is 0 Å². The number of sulfonamides is 1. The Bertz CT molecular complexity index is 1490. The van der Waals surface area contributed by atoms with Crippen LogP contribution in [-0.4, -0.2) is 38.0 Å². The van der Waals surface area contributed by atoms with Gasteiger partial charge in [-0.1, -0.05) is 0 Å². The van der Waals surface area contributed by atoms with Crippen LogP contribution in [0.4, 0.5) is 17.1 Å². The summed E-state index contributed by atoms with van der Waals surface area (Å²) in [7, 11) is -4.37. The van der Waals surface area contributed by atoms with Crippen LogP contribution in [0.15, 0.2) is 72.1 Å². The van der Waals surface area contributed by atoms with Gasteiger partial charge in [-0.15, -0.1) is 0 Å². The third-order valence-corrected chi connectivity index (χ3v) is 6.09. The Labute approximate surface area is 197 Å². The number of ether oxygens (including phenoxy) is 1. The number of rotatable bonds is 8. The van der Waals surface area contributed by atoms with E-state index in [4.69, 9.17) is 4.74 Å². The number of benzene rings is 2. The lowest BCUT2D eigenvalue weighted by Crippen LogP contribution is -2.14. The summed E-state index contributed by atoms with van der Waals surface area (Å²) in [6.07, 6.45) is 4.59. The summed E-state index contributed by atoms with van der Waals surface area (Å²) in [5, 5.41) is 26.6. The highest BCUT2D eigenvalue weighted by molar-refractivity contribution is 7.92. The van der Waals surface area contributed by atoms with E-state index in [1.54, 1.807) is 24.5 Å². The van der Waals surface area contributed by atoms with Gasteiger partial charge in [0.15, 0.2) is 5.82 Å². The molecule has 0 spiro atoms. The summed E-state index contributed by atoms with van der Waals surface area (Å²) in [6, 6.07) is 10.5. The van der Waals surface area contributed by atoms with Crippen molar-refractivity contribution in [3.05, 3.63) is 93.0 Å². The molecule has 0 aliphatic rings. The summed E-state index contributed by atoms with van der Waals surface area (Å²) in [6.45, 7) is 1.18. The van der Waals surface area contributed by atoms with E-state index in [1.165, 1.54) is 42.2 Å². The molecule has 178 valence electrons. The molecule has 0 radical (unpaired) electrons.